The molecule has 2 aromatic heterocycles. The van der Waals surface area contributed by atoms with E-state index in [1.807, 2.05) is 36.5 Å². The molecule has 0 amide bonds. The van der Waals surface area contributed by atoms with Crippen molar-refractivity contribution in [2.24, 2.45) is 0 Å². The van der Waals surface area contributed by atoms with Crippen molar-refractivity contribution < 1.29 is 0 Å². The van der Waals surface area contributed by atoms with Crippen molar-refractivity contribution >= 4 is 32.4 Å². The van der Waals surface area contributed by atoms with E-state index in [2.05, 4.69) is 163 Å². The van der Waals surface area contributed by atoms with Gasteiger partial charge in [-0.05, 0) is 131 Å². The van der Waals surface area contributed by atoms with Gasteiger partial charge >= 0.3 is 0 Å². The molecule has 0 spiro atoms. The molecule has 9 aromatic carbocycles. The molecule has 2 aliphatic rings. The van der Waals surface area contributed by atoms with Gasteiger partial charge in [0.1, 0.15) is 0 Å². The molecule has 0 fully saturated rings. The average molecular weight is 761 g/mol. The van der Waals surface area contributed by atoms with Crippen molar-refractivity contribution in [3.05, 3.63) is 194 Å². The second-order valence-corrected chi connectivity index (χ2v) is 15.8. The zero-order chi connectivity index (χ0) is 39.3. The minimum Gasteiger partial charge on any atom is -0.256 e. The van der Waals surface area contributed by atoms with Gasteiger partial charge in [-0.15, -0.1) is 0 Å². The van der Waals surface area contributed by atoms with E-state index < -0.39 is 0 Å². The van der Waals surface area contributed by atoms with Crippen LogP contribution in [0.4, 0.5) is 0 Å². The summed E-state index contributed by atoms with van der Waals surface area (Å²) in [5.41, 5.74) is 18.4. The Bertz CT molecular complexity index is 3450. The molecule has 0 radical (unpaired) electrons. The number of hydrogen-bond donors (Lipinski definition) is 0. The van der Waals surface area contributed by atoms with Gasteiger partial charge in [-0.1, -0.05) is 146 Å². The van der Waals surface area contributed by atoms with Crippen LogP contribution in [-0.2, 0) is 0 Å². The molecule has 0 saturated carbocycles. The maximum absolute atomic E-state index is 5.31. The summed E-state index contributed by atoms with van der Waals surface area (Å²) in [4.78, 5) is 20.3. The second kappa shape index (κ2) is 12.7. The molecule has 276 valence electrons. The van der Waals surface area contributed by atoms with Gasteiger partial charge in [-0.3, -0.25) is 4.98 Å². The first-order valence-corrected chi connectivity index (χ1v) is 20.4. The maximum atomic E-state index is 5.31. The Morgan fingerprint density at radius 2 is 0.767 bits per heavy atom. The number of nitrogens with zero attached hydrogens (tertiary/aromatic N) is 4. The Kier molecular flexibility index (Phi) is 6.98. The fraction of sp³-hybridized carbons (Fsp3) is 0. The largest absolute Gasteiger partial charge is 0.256 e. The van der Waals surface area contributed by atoms with E-state index in [0.717, 1.165) is 38.7 Å². The smallest absolute Gasteiger partial charge is 0.164 e. The molecule has 0 saturated heterocycles. The van der Waals surface area contributed by atoms with Crippen LogP contribution in [0.5, 0.6) is 0 Å². The molecule has 0 N–H and O–H groups in total. The molecule has 60 heavy (non-hydrogen) atoms. The zero-order valence-electron chi connectivity index (χ0n) is 32.3. The van der Waals surface area contributed by atoms with Crippen LogP contribution in [-0.4, -0.2) is 19.9 Å². The molecule has 11 aromatic rings. The summed E-state index contributed by atoms with van der Waals surface area (Å²) in [5, 5.41) is 6.11. The minimum atomic E-state index is 0.613. The maximum Gasteiger partial charge on any atom is 0.164 e. The molecule has 2 heterocycles. The van der Waals surface area contributed by atoms with Crippen LogP contribution in [0.25, 0.3) is 133 Å². The quantitative estimate of drug-likeness (QED) is 0.175. The lowest BCUT2D eigenvalue weighted by Gasteiger charge is -2.17. The molecule has 2 aliphatic carbocycles. The predicted molar refractivity (Wildman–Crippen MR) is 246 cm³/mol. The van der Waals surface area contributed by atoms with E-state index in [4.69, 9.17) is 15.0 Å². The first kappa shape index (κ1) is 32.9. The van der Waals surface area contributed by atoms with Gasteiger partial charge in [-0.2, -0.15) is 0 Å². The van der Waals surface area contributed by atoms with Crippen LogP contribution in [0.15, 0.2) is 194 Å². The summed E-state index contributed by atoms with van der Waals surface area (Å²) in [7, 11) is 0. The Morgan fingerprint density at radius 1 is 0.267 bits per heavy atom. The van der Waals surface area contributed by atoms with Crippen LogP contribution >= 0.6 is 0 Å². The average Bonchev–Trinajstić information content (AvgIpc) is 3.84. The lowest BCUT2D eigenvalue weighted by molar-refractivity contribution is 1.07. The highest BCUT2D eigenvalue weighted by molar-refractivity contribution is 6.21. The Hall–Kier alpha value is -8.08. The van der Waals surface area contributed by atoms with Crippen molar-refractivity contribution in [2.75, 3.05) is 0 Å². The van der Waals surface area contributed by atoms with Crippen LogP contribution in [0.1, 0.15) is 0 Å². The van der Waals surface area contributed by atoms with Gasteiger partial charge in [0.25, 0.3) is 0 Å². The Labute approximate surface area is 346 Å². The summed E-state index contributed by atoms with van der Waals surface area (Å²) in [6, 6.07) is 67.5. The number of pyridine rings is 1. The normalized spacial score (nSPS) is 12.0. The number of hydrogen-bond acceptors (Lipinski definition) is 4. The summed E-state index contributed by atoms with van der Waals surface area (Å²) in [5.74, 6) is 1.85. The predicted octanol–water partition coefficient (Wildman–Crippen LogP) is 14.4. The third-order valence-corrected chi connectivity index (χ3v) is 12.4. The first-order chi connectivity index (χ1) is 29.7. The molecule has 0 unspecified atom stereocenters. The second-order valence-electron chi connectivity index (χ2n) is 15.8. The number of aromatic nitrogens is 4. The van der Waals surface area contributed by atoms with E-state index in [0.29, 0.717) is 17.5 Å². The van der Waals surface area contributed by atoms with Gasteiger partial charge in [0.05, 0.1) is 5.52 Å². The van der Waals surface area contributed by atoms with Crippen LogP contribution in [0, 0.1) is 0 Å². The molecule has 0 aliphatic heterocycles. The van der Waals surface area contributed by atoms with Crippen molar-refractivity contribution in [3.8, 4) is 101 Å². The number of fused-ring (bicyclic) bond motifs is 7. The van der Waals surface area contributed by atoms with E-state index >= 15 is 0 Å². The SMILES string of the molecule is c1ccc(-c2nc(-c3cc(-c4ccc5cccc6c5c4-c4ccccc4-6)cc(-c4ccc5cccc6c5c4-c4ccccc4-6)c3)nc(-c3ccc4ncccc4c3)n2)cc1. The Balaban J connectivity index is 1.11. The molecular formula is C56H32N4. The molecule has 0 bridgehead atoms. The fourth-order valence-corrected chi connectivity index (χ4v) is 9.75. The molecule has 4 nitrogen and oxygen atoms in total. The van der Waals surface area contributed by atoms with Gasteiger partial charge in [-0.25, -0.2) is 15.0 Å². The van der Waals surface area contributed by atoms with E-state index in [1.54, 1.807) is 0 Å². The van der Waals surface area contributed by atoms with Gasteiger partial charge in [0, 0.05) is 28.3 Å². The Morgan fingerprint density at radius 3 is 1.38 bits per heavy atom. The minimum absolute atomic E-state index is 0.613. The number of benzene rings is 9. The van der Waals surface area contributed by atoms with E-state index in [1.165, 1.54) is 77.2 Å². The third kappa shape index (κ3) is 4.91. The third-order valence-electron chi connectivity index (χ3n) is 12.4. The van der Waals surface area contributed by atoms with Crippen molar-refractivity contribution in [1.29, 1.82) is 0 Å². The highest BCUT2D eigenvalue weighted by atomic mass is 15.0. The molecule has 13 rings (SSSR count). The first-order valence-electron chi connectivity index (χ1n) is 20.4. The van der Waals surface area contributed by atoms with E-state index in [9.17, 15) is 0 Å². The van der Waals surface area contributed by atoms with Gasteiger partial charge < -0.3 is 0 Å². The highest BCUT2D eigenvalue weighted by Gasteiger charge is 2.27. The molecule has 0 atom stereocenters. The van der Waals surface area contributed by atoms with Crippen molar-refractivity contribution in [3.63, 3.8) is 0 Å². The lowest BCUT2D eigenvalue weighted by atomic mass is 9.87. The van der Waals surface area contributed by atoms with Crippen molar-refractivity contribution in [2.45, 2.75) is 0 Å². The standard InChI is InChI=1S/C56H32N4/c1-2-11-35(12-3-1)54-58-55(37-24-27-49-36(29-37)15-10-28-57-49)60-56(59-54)40-31-38(41-25-22-33-13-8-20-45-43-16-4-6-18-47(43)52(41)50(33)45)30-39(32-40)42-26-23-34-14-9-21-46-44-17-5-7-19-48(44)53(42)51(34)46/h1-32H. The van der Waals surface area contributed by atoms with E-state index in [-0.39, 0.29) is 0 Å². The summed E-state index contributed by atoms with van der Waals surface area (Å²) in [6.07, 6.45) is 1.82. The van der Waals surface area contributed by atoms with Gasteiger partial charge in [0.2, 0.25) is 0 Å². The summed E-state index contributed by atoms with van der Waals surface area (Å²) < 4.78 is 0. The fourth-order valence-electron chi connectivity index (χ4n) is 9.75. The van der Waals surface area contributed by atoms with Crippen molar-refractivity contribution in [1.82, 2.24) is 19.9 Å². The van der Waals surface area contributed by atoms with Gasteiger partial charge in [0.15, 0.2) is 17.5 Å². The number of rotatable bonds is 5. The van der Waals surface area contributed by atoms with Crippen LogP contribution in [0.2, 0.25) is 0 Å². The topological polar surface area (TPSA) is 51.6 Å². The monoisotopic (exact) mass is 760 g/mol. The molecular weight excluding hydrogens is 729 g/mol. The van der Waals surface area contributed by atoms with Crippen LogP contribution < -0.4 is 0 Å². The zero-order valence-corrected chi connectivity index (χ0v) is 32.3. The van der Waals surface area contributed by atoms with Crippen LogP contribution in [0.3, 0.4) is 0 Å². The summed E-state index contributed by atoms with van der Waals surface area (Å²) >= 11 is 0. The highest BCUT2D eigenvalue weighted by Crippen LogP contribution is 2.54. The molecule has 4 heteroatoms. The lowest BCUT2D eigenvalue weighted by Crippen LogP contribution is -2.01. The summed E-state index contributed by atoms with van der Waals surface area (Å²) in [6.45, 7) is 0.